The molecule has 0 aliphatic heterocycles. The number of nitrogens with one attached hydrogen (secondary N) is 1. The molecule has 1 atom stereocenters. The number of β-amino-alcohol motifs (C(OH)–C–C–N with tert-alkyl or cyclic N) is 1. The summed E-state index contributed by atoms with van der Waals surface area (Å²) in [5.41, 5.74) is 1.27. The van der Waals surface area contributed by atoms with Gasteiger partial charge in [0.1, 0.15) is 0 Å². The molecule has 0 fully saturated rings. The third kappa shape index (κ3) is 7.26. The molecule has 1 amide bonds. The summed E-state index contributed by atoms with van der Waals surface area (Å²) in [4.78, 5) is 14.5. The second-order valence-electron chi connectivity index (χ2n) is 7.50. The van der Waals surface area contributed by atoms with Crippen LogP contribution in [0.5, 0.6) is 0 Å². The molecular weight excluding hydrogens is 419 g/mol. The predicted octanol–water partition coefficient (Wildman–Crippen LogP) is 4.81. The summed E-state index contributed by atoms with van der Waals surface area (Å²) in [6.07, 6.45) is -0.724. The molecule has 2 aromatic rings. The highest BCUT2D eigenvalue weighted by Crippen LogP contribution is 2.24. The van der Waals surface area contributed by atoms with E-state index in [1.807, 2.05) is 18.2 Å². The van der Waals surface area contributed by atoms with Crippen molar-refractivity contribution in [2.45, 2.75) is 39.0 Å². The van der Waals surface area contributed by atoms with Gasteiger partial charge in [0, 0.05) is 25.2 Å². The molecule has 0 aromatic heterocycles. The summed E-state index contributed by atoms with van der Waals surface area (Å²) in [5, 5.41) is 13.8. The van der Waals surface area contributed by atoms with Gasteiger partial charge in [0.25, 0.3) is 5.91 Å². The number of hydrogen-bond donors (Lipinski definition) is 2. The third-order valence-electron chi connectivity index (χ3n) is 4.28. The van der Waals surface area contributed by atoms with Crippen LogP contribution in [0, 0.1) is 0 Å². The average Bonchev–Trinajstić information content (AvgIpc) is 2.59. The quantitative estimate of drug-likeness (QED) is 0.643. The highest BCUT2D eigenvalue weighted by Gasteiger charge is 2.24. The number of aliphatic hydroxyl groups excluding tert-OH is 1. The molecular formula is C21H27Cl3N2O2. The molecule has 1 unspecified atom stereocenters. The van der Waals surface area contributed by atoms with E-state index in [0.717, 1.165) is 0 Å². The molecule has 0 aliphatic carbocycles. The predicted molar refractivity (Wildman–Crippen MR) is 119 cm³/mol. The number of amides is 1. The maximum Gasteiger partial charge on any atom is 0.254 e. The molecule has 0 saturated heterocycles. The number of rotatable bonds is 7. The topological polar surface area (TPSA) is 52.6 Å². The first kappa shape index (κ1) is 24.7. The molecule has 0 bridgehead atoms. The molecule has 0 heterocycles. The first-order valence-corrected chi connectivity index (χ1v) is 9.63. The van der Waals surface area contributed by atoms with Crippen LogP contribution in [0.3, 0.4) is 0 Å². The SMILES string of the molecule is CC(C)(C)N(Cc1ccccc1)CC(O)CNC(=O)c1c(Cl)cccc1Cl.Cl. The van der Waals surface area contributed by atoms with E-state index < -0.39 is 12.0 Å². The molecule has 2 N–H and O–H groups in total. The molecule has 0 spiro atoms. The van der Waals surface area contributed by atoms with Gasteiger partial charge < -0.3 is 10.4 Å². The van der Waals surface area contributed by atoms with Gasteiger partial charge in [0.2, 0.25) is 0 Å². The molecule has 0 aliphatic rings. The lowest BCUT2D eigenvalue weighted by molar-refractivity contribution is 0.0512. The number of hydrogen-bond acceptors (Lipinski definition) is 3. The normalized spacial score (nSPS) is 12.4. The van der Waals surface area contributed by atoms with Crippen molar-refractivity contribution >= 4 is 41.5 Å². The molecule has 28 heavy (non-hydrogen) atoms. The van der Waals surface area contributed by atoms with Gasteiger partial charge in [-0.25, -0.2) is 0 Å². The van der Waals surface area contributed by atoms with Crippen LogP contribution in [0.2, 0.25) is 10.0 Å². The van der Waals surface area contributed by atoms with Crippen molar-refractivity contribution < 1.29 is 9.90 Å². The van der Waals surface area contributed by atoms with Gasteiger partial charge in [-0.2, -0.15) is 0 Å². The van der Waals surface area contributed by atoms with E-state index in [-0.39, 0.29) is 40.1 Å². The summed E-state index contributed by atoms with van der Waals surface area (Å²) >= 11 is 12.1. The van der Waals surface area contributed by atoms with Crippen molar-refractivity contribution in [2.24, 2.45) is 0 Å². The van der Waals surface area contributed by atoms with Crippen LogP contribution >= 0.6 is 35.6 Å². The Labute approximate surface area is 183 Å². The minimum Gasteiger partial charge on any atom is -0.390 e. The van der Waals surface area contributed by atoms with Crippen LogP contribution in [0.1, 0.15) is 36.7 Å². The number of nitrogens with zero attached hydrogens (tertiary/aromatic N) is 1. The zero-order valence-electron chi connectivity index (χ0n) is 16.3. The second-order valence-corrected chi connectivity index (χ2v) is 8.31. The van der Waals surface area contributed by atoms with Crippen LogP contribution in [-0.2, 0) is 6.54 Å². The van der Waals surface area contributed by atoms with E-state index in [2.05, 4.69) is 43.1 Å². The van der Waals surface area contributed by atoms with E-state index in [1.165, 1.54) is 5.56 Å². The highest BCUT2D eigenvalue weighted by atomic mass is 35.5. The lowest BCUT2D eigenvalue weighted by Crippen LogP contribution is -2.47. The van der Waals surface area contributed by atoms with Crippen LogP contribution in [0.25, 0.3) is 0 Å². The van der Waals surface area contributed by atoms with Crippen LogP contribution in [0.4, 0.5) is 0 Å². The summed E-state index contributed by atoms with van der Waals surface area (Å²) in [6, 6.07) is 15.0. The lowest BCUT2D eigenvalue weighted by Gasteiger charge is -2.37. The van der Waals surface area contributed by atoms with Gasteiger partial charge in [-0.3, -0.25) is 9.69 Å². The molecule has 7 heteroatoms. The van der Waals surface area contributed by atoms with Gasteiger partial charge in [-0.05, 0) is 38.5 Å². The first-order chi connectivity index (χ1) is 12.7. The Hall–Kier alpha value is -1.30. The second kappa shape index (κ2) is 11.0. The van der Waals surface area contributed by atoms with E-state index in [9.17, 15) is 9.90 Å². The van der Waals surface area contributed by atoms with Gasteiger partial charge in [0.15, 0.2) is 0 Å². The van der Waals surface area contributed by atoms with Crippen molar-refractivity contribution in [3.8, 4) is 0 Å². The zero-order chi connectivity index (χ0) is 20.0. The number of halogens is 3. The van der Waals surface area contributed by atoms with Crippen molar-refractivity contribution in [3.63, 3.8) is 0 Å². The Morgan fingerprint density at radius 2 is 1.64 bits per heavy atom. The van der Waals surface area contributed by atoms with Crippen molar-refractivity contribution in [3.05, 3.63) is 69.7 Å². The fraction of sp³-hybridized carbons (Fsp3) is 0.381. The molecule has 4 nitrogen and oxygen atoms in total. The van der Waals surface area contributed by atoms with Gasteiger partial charge in [-0.15, -0.1) is 12.4 Å². The Morgan fingerprint density at radius 3 is 2.18 bits per heavy atom. The fourth-order valence-electron chi connectivity index (χ4n) is 2.71. The van der Waals surface area contributed by atoms with Crippen molar-refractivity contribution in [2.75, 3.05) is 13.1 Å². The lowest BCUT2D eigenvalue weighted by atomic mass is 10.0. The summed E-state index contributed by atoms with van der Waals surface area (Å²) in [7, 11) is 0. The number of benzene rings is 2. The maximum atomic E-state index is 12.4. The monoisotopic (exact) mass is 444 g/mol. The Morgan fingerprint density at radius 1 is 1.07 bits per heavy atom. The smallest absolute Gasteiger partial charge is 0.254 e. The van der Waals surface area contributed by atoms with E-state index in [0.29, 0.717) is 13.1 Å². The Balaban J connectivity index is 0.00000392. The highest BCUT2D eigenvalue weighted by molar-refractivity contribution is 6.39. The summed E-state index contributed by atoms with van der Waals surface area (Å²) < 4.78 is 0. The van der Waals surface area contributed by atoms with E-state index in [4.69, 9.17) is 23.2 Å². The zero-order valence-corrected chi connectivity index (χ0v) is 18.6. The Kier molecular flexibility index (Phi) is 9.75. The number of carbonyl (C=O) groups excluding carboxylic acids is 1. The minimum absolute atomic E-state index is 0. The number of carbonyl (C=O) groups is 1. The minimum atomic E-state index is -0.724. The molecule has 2 aromatic carbocycles. The molecule has 0 radical (unpaired) electrons. The average molecular weight is 446 g/mol. The first-order valence-electron chi connectivity index (χ1n) is 8.87. The van der Waals surface area contributed by atoms with Crippen molar-refractivity contribution in [1.29, 1.82) is 0 Å². The summed E-state index contributed by atoms with van der Waals surface area (Å²) in [6.45, 7) is 7.56. The van der Waals surface area contributed by atoms with Gasteiger partial charge in [-0.1, -0.05) is 59.6 Å². The van der Waals surface area contributed by atoms with Crippen molar-refractivity contribution in [1.82, 2.24) is 10.2 Å². The van der Waals surface area contributed by atoms with Crippen LogP contribution in [0.15, 0.2) is 48.5 Å². The van der Waals surface area contributed by atoms with E-state index in [1.54, 1.807) is 18.2 Å². The molecule has 154 valence electrons. The number of aliphatic hydroxyl groups is 1. The van der Waals surface area contributed by atoms with Crippen LogP contribution < -0.4 is 5.32 Å². The Bertz CT molecular complexity index is 744. The molecule has 0 saturated carbocycles. The molecule has 2 rings (SSSR count). The maximum absolute atomic E-state index is 12.4. The summed E-state index contributed by atoms with van der Waals surface area (Å²) in [5.74, 6) is -0.394. The van der Waals surface area contributed by atoms with Gasteiger partial charge >= 0.3 is 0 Å². The standard InChI is InChI=1S/C21H26Cl2N2O2.ClH/c1-21(2,3)25(13-15-8-5-4-6-9-15)14-16(26)12-24-20(27)19-17(22)10-7-11-18(19)23;/h4-11,16,26H,12-14H2,1-3H3,(H,24,27);1H. The van der Waals surface area contributed by atoms with E-state index >= 15 is 0 Å². The van der Waals surface area contributed by atoms with Crippen LogP contribution in [-0.4, -0.2) is 40.6 Å². The fourth-order valence-corrected chi connectivity index (χ4v) is 3.28. The third-order valence-corrected chi connectivity index (χ3v) is 4.91. The van der Waals surface area contributed by atoms with Gasteiger partial charge in [0.05, 0.1) is 21.7 Å². The largest absolute Gasteiger partial charge is 0.390 e.